The summed E-state index contributed by atoms with van der Waals surface area (Å²) in [6.45, 7) is 1.64. The normalized spacial score (nSPS) is 7.25. The Morgan fingerprint density at radius 3 is 2.25 bits per heavy atom. The van der Waals surface area contributed by atoms with Crippen LogP contribution in [0.15, 0.2) is 5.06 Å². The maximum atomic E-state index is 7.44. The molecule has 0 aliphatic heterocycles. The molecule has 0 aromatic carbocycles. The molecule has 0 fully saturated rings. The molecule has 0 amide bonds. The van der Waals surface area contributed by atoms with E-state index >= 15 is 0 Å². The zero-order chi connectivity index (χ0) is 3.41. The monoisotopic (exact) mass is 57.0 g/mol. The molecule has 1 N–H and O–H groups in total. The van der Waals surface area contributed by atoms with Crippen LogP contribution in [0, 0.1) is 0 Å². The second-order valence-corrected chi connectivity index (χ2v) is 0.374. The molecular weight excluding hydrogens is 52.8 g/mol. The van der Waals surface area contributed by atoms with E-state index in [0.29, 0.717) is 0 Å². The molecule has 0 spiro atoms. The van der Waals surface area contributed by atoms with Crippen LogP contribution in [0.3, 0.4) is 0 Å². The Morgan fingerprint density at radius 1 is 2.00 bits per heavy atom. The van der Waals surface area contributed by atoms with E-state index in [2.05, 4.69) is 5.06 Å². The van der Waals surface area contributed by atoms with Crippen LogP contribution in [-0.2, 0) is 0 Å². The summed E-state index contributed by atoms with van der Waals surface area (Å²) in [6.07, 6.45) is 0. The molecule has 3 heteroatoms. The molecule has 0 rings (SSSR count). The van der Waals surface area contributed by atoms with Gasteiger partial charge in [0.2, 0.25) is 0 Å². The Hall–Kier alpha value is -0.335. The summed E-state index contributed by atoms with van der Waals surface area (Å²) in [5, 5.41) is 10.1. The maximum absolute atomic E-state index is 7.44. The first kappa shape index (κ1) is 3.66. The van der Waals surface area contributed by atoms with Crippen molar-refractivity contribution in [3.05, 3.63) is 0 Å². The van der Waals surface area contributed by atoms with Crippen molar-refractivity contribution in [1.29, 1.82) is 0 Å². The fourth-order valence-corrected chi connectivity index (χ4v) is 0. The summed E-state index contributed by atoms with van der Waals surface area (Å²) in [6, 6.07) is 0. The van der Waals surface area contributed by atoms with Gasteiger partial charge in [0.1, 0.15) is 0 Å². The van der Waals surface area contributed by atoms with Crippen molar-refractivity contribution in [2.45, 2.75) is 6.82 Å². The van der Waals surface area contributed by atoms with Crippen LogP contribution in [0.4, 0.5) is 0 Å². The third kappa shape index (κ3) is 1.66. The Bertz CT molecular complexity index is 23.2. The van der Waals surface area contributed by atoms with Gasteiger partial charge in [-0.1, -0.05) is 0 Å². The topological polar surface area (TPSA) is 32.6 Å². The zero-order valence-corrected chi connectivity index (χ0v) is 2.47. The summed E-state index contributed by atoms with van der Waals surface area (Å²) < 4.78 is 0. The van der Waals surface area contributed by atoms with Gasteiger partial charge in [0.25, 0.3) is 0 Å². The van der Waals surface area contributed by atoms with Gasteiger partial charge in [-0.15, -0.1) is 0 Å². The molecule has 4 heavy (non-hydrogen) atoms. The van der Waals surface area contributed by atoms with Crippen LogP contribution < -0.4 is 0 Å². The molecule has 0 radical (unpaired) electrons. The van der Waals surface area contributed by atoms with Crippen molar-refractivity contribution >= 4 is 7.07 Å². The van der Waals surface area contributed by atoms with Gasteiger partial charge in [0.15, 0.2) is 0 Å². The molecule has 0 heterocycles. The van der Waals surface area contributed by atoms with Crippen molar-refractivity contribution in [1.82, 2.24) is 0 Å². The fourth-order valence-electron chi connectivity index (χ4n) is 0. The molecule has 0 aliphatic rings. The van der Waals surface area contributed by atoms with Gasteiger partial charge >= 0.3 is 24.2 Å². The number of rotatable bonds is 0. The summed E-state index contributed by atoms with van der Waals surface area (Å²) in [5.74, 6) is 0. The van der Waals surface area contributed by atoms with E-state index in [1.54, 1.807) is 6.82 Å². The molecular formula is CH4BNO. The van der Waals surface area contributed by atoms with E-state index in [0.717, 1.165) is 0 Å². The first-order chi connectivity index (χ1) is 1.91. The SMILES string of the molecule is CB=NO. The summed E-state index contributed by atoms with van der Waals surface area (Å²) in [5.41, 5.74) is 0. The summed E-state index contributed by atoms with van der Waals surface area (Å²) in [4.78, 5) is 0. The predicted molar refractivity (Wildman–Crippen MR) is 15.8 cm³/mol. The molecule has 0 saturated heterocycles. The van der Waals surface area contributed by atoms with Crippen molar-refractivity contribution in [2.75, 3.05) is 0 Å². The van der Waals surface area contributed by atoms with E-state index in [9.17, 15) is 0 Å². The second kappa shape index (κ2) is 2.66. The molecule has 0 aromatic rings. The van der Waals surface area contributed by atoms with E-state index in [-0.39, 0.29) is 0 Å². The minimum absolute atomic E-state index is 1.31. The van der Waals surface area contributed by atoms with Crippen molar-refractivity contribution < 1.29 is 5.21 Å². The number of nitrogens with zero attached hydrogens (tertiary/aromatic N) is 1. The second-order valence-electron chi connectivity index (χ2n) is 0.374. The van der Waals surface area contributed by atoms with Gasteiger partial charge in [-0.3, -0.25) is 0 Å². The van der Waals surface area contributed by atoms with Gasteiger partial charge in [-0.25, -0.2) is 0 Å². The molecule has 0 aliphatic carbocycles. The molecule has 0 unspecified atom stereocenters. The molecule has 0 bridgehead atoms. The van der Waals surface area contributed by atoms with Crippen LogP contribution in [0.1, 0.15) is 0 Å². The average Bonchev–Trinajstić information content (AvgIpc) is 1.37. The van der Waals surface area contributed by atoms with E-state index in [1.807, 2.05) is 0 Å². The third-order valence-electron chi connectivity index (χ3n) is 0.115. The van der Waals surface area contributed by atoms with E-state index < -0.39 is 0 Å². The minimum atomic E-state index is 1.31. The van der Waals surface area contributed by atoms with Crippen molar-refractivity contribution in [2.24, 2.45) is 5.06 Å². The molecule has 22 valence electrons. The predicted octanol–water partition coefficient (Wildman–Crippen LogP) is 0.311. The molecule has 0 saturated carbocycles. The molecule has 0 atom stereocenters. The Labute approximate surface area is 25.4 Å². The van der Waals surface area contributed by atoms with Crippen molar-refractivity contribution in [3.8, 4) is 0 Å². The quantitative estimate of drug-likeness (QED) is 0.315. The Kier molecular flexibility index (Phi) is 2.44. The van der Waals surface area contributed by atoms with E-state index in [4.69, 9.17) is 5.21 Å². The van der Waals surface area contributed by atoms with Crippen molar-refractivity contribution in [3.63, 3.8) is 0 Å². The van der Waals surface area contributed by atoms with Gasteiger partial charge in [-0.05, 0) is 0 Å². The van der Waals surface area contributed by atoms with Crippen LogP contribution in [-0.4, -0.2) is 12.3 Å². The number of hydrogen-bond acceptors (Lipinski definition) is 2. The summed E-state index contributed by atoms with van der Waals surface area (Å²) in [7, 11) is 1.31. The first-order valence-corrected chi connectivity index (χ1v) is 1.04. The van der Waals surface area contributed by atoms with E-state index in [1.165, 1.54) is 7.07 Å². The fraction of sp³-hybridized carbons (Fsp3) is 1.00. The summed E-state index contributed by atoms with van der Waals surface area (Å²) >= 11 is 0. The molecule has 2 nitrogen and oxygen atoms in total. The van der Waals surface area contributed by atoms with Crippen LogP contribution in [0.25, 0.3) is 0 Å². The van der Waals surface area contributed by atoms with Crippen LogP contribution in [0.5, 0.6) is 0 Å². The van der Waals surface area contributed by atoms with Crippen LogP contribution in [0.2, 0.25) is 6.82 Å². The number of hydrogen-bond donors (Lipinski definition) is 1. The third-order valence-corrected chi connectivity index (χ3v) is 0.115. The van der Waals surface area contributed by atoms with Crippen LogP contribution >= 0.6 is 0 Å². The van der Waals surface area contributed by atoms with Gasteiger partial charge in [0.05, 0.1) is 0 Å². The zero-order valence-electron chi connectivity index (χ0n) is 2.47. The average molecular weight is 56.9 g/mol. The standard InChI is InChI=1S/CH4BNO/c1-2-3-4/h4H,1H3. The Balaban J connectivity index is 2.55. The molecule has 0 aromatic heterocycles. The first-order valence-electron chi connectivity index (χ1n) is 1.04. The van der Waals surface area contributed by atoms with Gasteiger partial charge in [-0.2, -0.15) is 0 Å². The Morgan fingerprint density at radius 2 is 2.25 bits per heavy atom. The van der Waals surface area contributed by atoms with Gasteiger partial charge in [0, 0.05) is 0 Å². The van der Waals surface area contributed by atoms with Gasteiger partial charge < -0.3 is 0 Å².